The molecule has 3 nitrogen and oxygen atoms in total. The smallest absolute Gasteiger partial charge is 0.264 e. The lowest BCUT2D eigenvalue weighted by atomic mass is 10.1. The molecule has 1 N–H and O–H groups in total. The molecule has 1 heterocycles. The summed E-state index contributed by atoms with van der Waals surface area (Å²) in [4.78, 5) is 17.4. The highest BCUT2D eigenvalue weighted by Crippen LogP contribution is 2.30. The van der Waals surface area contributed by atoms with Gasteiger partial charge < -0.3 is 5.32 Å². The molecule has 2 aromatic carbocycles. The lowest BCUT2D eigenvalue weighted by molar-refractivity contribution is -0.115. The third kappa shape index (κ3) is 3.74. The third-order valence-corrected chi connectivity index (χ3v) is 4.85. The summed E-state index contributed by atoms with van der Waals surface area (Å²) >= 11 is 4.81. The summed E-state index contributed by atoms with van der Waals surface area (Å²) in [6, 6.07) is 13.9. The van der Waals surface area contributed by atoms with Gasteiger partial charge in [-0.2, -0.15) is 0 Å². The van der Waals surface area contributed by atoms with Gasteiger partial charge in [0.15, 0.2) is 5.17 Å². The molecular weight excluding hydrogens is 372 g/mol. The first-order chi connectivity index (χ1) is 11.0. The lowest BCUT2D eigenvalue weighted by Crippen LogP contribution is -2.19. The summed E-state index contributed by atoms with van der Waals surface area (Å²) in [6.07, 6.45) is 1.87. The molecule has 3 rings (SSSR count). The highest BCUT2D eigenvalue weighted by molar-refractivity contribution is 9.10. The second kappa shape index (κ2) is 6.72. The predicted octanol–water partition coefficient (Wildman–Crippen LogP) is 4.96. The Morgan fingerprint density at radius 3 is 2.52 bits per heavy atom. The van der Waals surface area contributed by atoms with Gasteiger partial charge in [0.2, 0.25) is 0 Å². The number of halogens is 1. The number of hydrogen-bond donors (Lipinski definition) is 1. The second-order valence-electron chi connectivity index (χ2n) is 5.28. The zero-order valence-electron chi connectivity index (χ0n) is 12.8. The van der Waals surface area contributed by atoms with Gasteiger partial charge in [-0.15, -0.1) is 0 Å². The number of para-hydroxylation sites is 1. The predicted molar refractivity (Wildman–Crippen MR) is 101 cm³/mol. The number of carbonyl (C=O) groups is 1. The molecule has 1 aliphatic heterocycles. The molecule has 0 bridgehead atoms. The Morgan fingerprint density at radius 1 is 1.13 bits per heavy atom. The van der Waals surface area contributed by atoms with Crippen LogP contribution in [0.25, 0.3) is 6.08 Å². The largest absolute Gasteiger partial charge is 0.300 e. The maximum absolute atomic E-state index is 12.1. The van der Waals surface area contributed by atoms with Gasteiger partial charge in [0, 0.05) is 4.47 Å². The number of amides is 1. The molecule has 116 valence electrons. The van der Waals surface area contributed by atoms with E-state index in [4.69, 9.17) is 0 Å². The molecular formula is C18H15BrN2OS. The number of carbonyl (C=O) groups excluding carboxylic acids is 1. The van der Waals surface area contributed by atoms with Gasteiger partial charge in [0.05, 0.1) is 10.6 Å². The molecule has 1 saturated heterocycles. The Morgan fingerprint density at radius 2 is 1.83 bits per heavy atom. The van der Waals surface area contributed by atoms with Crippen LogP contribution < -0.4 is 5.32 Å². The summed E-state index contributed by atoms with van der Waals surface area (Å²) in [7, 11) is 0. The molecule has 2 aromatic rings. The van der Waals surface area contributed by atoms with Crippen LogP contribution in [0.5, 0.6) is 0 Å². The van der Waals surface area contributed by atoms with Crippen molar-refractivity contribution in [2.75, 3.05) is 0 Å². The van der Waals surface area contributed by atoms with E-state index in [1.165, 1.54) is 11.8 Å². The Balaban J connectivity index is 1.89. The number of amidine groups is 1. The molecule has 0 unspecified atom stereocenters. The van der Waals surface area contributed by atoms with E-state index in [0.29, 0.717) is 10.1 Å². The summed E-state index contributed by atoms with van der Waals surface area (Å²) in [6.45, 7) is 4.04. The van der Waals surface area contributed by atoms with Crippen molar-refractivity contribution in [2.45, 2.75) is 13.8 Å². The van der Waals surface area contributed by atoms with Gasteiger partial charge in [0.1, 0.15) is 0 Å². The molecule has 23 heavy (non-hydrogen) atoms. The van der Waals surface area contributed by atoms with Gasteiger partial charge in [-0.05, 0) is 60.5 Å². The molecule has 0 radical (unpaired) electrons. The first kappa shape index (κ1) is 16.0. The molecule has 0 atom stereocenters. The Labute approximate surface area is 148 Å². The molecule has 0 saturated carbocycles. The van der Waals surface area contributed by atoms with E-state index in [0.717, 1.165) is 26.9 Å². The van der Waals surface area contributed by atoms with E-state index >= 15 is 0 Å². The topological polar surface area (TPSA) is 41.5 Å². The van der Waals surface area contributed by atoms with Crippen molar-refractivity contribution in [3.63, 3.8) is 0 Å². The van der Waals surface area contributed by atoms with Gasteiger partial charge in [-0.1, -0.05) is 46.3 Å². The maximum Gasteiger partial charge on any atom is 0.264 e. The number of thioether (sulfide) groups is 1. The van der Waals surface area contributed by atoms with Crippen molar-refractivity contribution in [3.05, 3.63) is 68.5 Å². The Hall–Kier alpha value is -1.85. The number of nitrogens with one attached hydrogen (secondary N) is 1. The van der Waals surface area contributed by atoms with Crippen LogP contribution in [0.1, 0.15) is 16.7 Å². The van der Waals surface area contributed by atoms with Crippen LogP contribution in [-0.4, -0.2) is 11.1 Å². The number of aryl methyl sites for hydroxylation is 2. The van der Waals surface area contributed by atoms with Crippen LogP contribution in [0, 0.1) is 13.8 Å². The van der Waals surface area contributed by atoms with Crippen LogP contribution in [0.4, 0.5) is 5.69 Å². The number of benzene rings is 2. The van der Waals surface area contributed by atoms with Gasteiger partial charge >= 0.3 is 0 Å². The zero-order valence-corrected chi connectivity index (χ0v) is 15.2. The molecule has 0 aromatic heterocycles. The summed E-state index contributed by atoms with van der Waals surface area (Å²) in [5.74, 6) is -0.111. The van der Waals surface area contributed by atoms with E-state index in [-0.39, 0.29) is 5.91 Å². The second-order valence-corrected chi connectivity index (χ2v) is 7.22. The van der Waals surface area contributed by atoms with Crippen LogP contribution in [-0.2, 0) is 4.79 Å². The summed E-state index contributed by atoms with van der Waals surface area (Å²) < 4.78 is 0.986. The third-order valence-electron chi connectivity index (χ3n) is 3.45. The quantitative estimate of drug-likeness (QED) is 0.741. The van der Waals surface area contributed by atoms with Crippen LogP contribution in [0.2, 0.25) is 0 Å². The molecule has 1 aliphatic rings. The van der Waals surface area contributed by atoms with Crippen molar-refractivity contribution in [3.8, 4) is 0 Å². The minimum Gasteiger partial charge on any atom is -0.300 e. The fourth-order valence-corrected chi connectivity index (χ4v) is 3.56. The molecule has 0 spiro atoms. The van der Waals surface area contributed by atoms with Gasteiger partial charge in [-0.3, -0.25) is 4.79 Å². The molecule has 5 heteroatoms. The van der Waals surface area contributed by atoms with Crippen LogP contribution in [0.15, 0.2) is 56.8 Å². The molecule has 0 aliphatic carbocycles. The number of nitrogens with zero attached hydrogens (tertiary/aromatic N) is 1. The van der Waals surface area contributed by atoms with E-state index in [1.54, 1.807) is 0 Å². The van der Waals surface area contributed by atoms with Crippen molar-refractivity contribution < 1.29 is 4.79 Å². The SMILES string of the molecule is Cc1cccc(C)c1N=C1NC(=O)/C(=C\c2cccc(Br)c2)S1. The first-order valence-corrected chi connectivity index (χ1v) is 8.75. The van der Waals surface area contributed by atoms with Crippen molar-refractivity contribution >= 4 is 50.5 Å². The van der Waals surface area contributed by atoms with Crippen molar-refractivity contribution in [1.82, 2.24) is 5.32 Å². The van der Waals surface area contributed by atoms with Gasteiger partial charge in [-0.25, -0.2) is 4.99 Å². The monoisotopic (exact) mass is 386 g/mol. The first-order valence-electron chi connectivity index (χ1n) is 7.14. The molecule has 1 fully saturated rings. The maximum atomic E-state index is 12.1. The zero-order chi connectivity index (χ0) is 16.4. The number of rotatable bonds is 2. The normalized spacial score (nSPS) is 17.8. The lowest BCUT2D eigenvalue weighted by Gasteiger charge is -2.04. The fourth-order valence-electron chi connectivity index (χ4n) is 2.31. The van der Waals surface area contributed by atoms with Crippen LogP contribution >= 0.6 is 27.7 Å². The van der Waals surface area contributed by atoms with Gasteiger partial charge in [0.25, 0.3) is 5.91 Å². The average molecular weight is 387 g/mol. The number of hydrogen-bond acceptors (Lipinski definition) is 3. The summed E-state index contributed by atoms with van der Waals surface area (Å²) in [5.41, 5.74) is 4.08. The summed E-state index contributed by atoms with van der Waals surface area (Å²) in [5, 5.41) is 3.45. The van der Waals surface area contributed by atoms with Crippen LogP contribution in [0.3, 0.4) is 0 Å². The van der Waals surface area contributed by atoms with E-state index in [9.17, 15) is 4.79 Å². The standard InChI is InChI=1S/C18H15BrN2OS/c1-11-5-3-6-12(2)16(11)20-18-21-17(22)15(23-18)10-13-7-4-8-14(19)9-13/h3-10H,1-2H3,(H,20,21,22)/b15-10+. The minimum absolute atomic E-state index is 0.111. The van der Waals surface area contributed by atoms with E-state index in [1.807, 2.05) is 62.4 Å². The molecule has 1 amide bonds. The van der Waals surface area contributed by atoms with Crippen molar-refractivity contribution in [2.24, 2.45) is 4.99 Å². The fraction of sp³-hybridized carbons (Fsp3) is 0.111. The van der Waals surface area contributed by atoms with E-state index < -0.39 is 0 Å². The average Bonchev–Trinajstić information content (AvgIpc) is 2.83. The Bertz CT molecular complexity index is 822. The van der Waals surface area contributed by atoms with E-state index in [2.05, 4.69) is 26.2 Å². The Kier molecular flexibility index (Phi) is 4.68. The minimum atomic E-state index is -0.111. The number of aliphatic imine (C=N–C) groups is 1. The highest BCUT2D eigenvalue weighted by Gasteiger charge is 2.24. The highest BCUT2D eigenvalue weighted by atomic mass is 79.9. The van der Waals surface area contributed by atoms with Crippen molar-refractivity contribution in [1.29, 1.82) is 0 Å².